The van der Waals surface area contributed by atoms with Crippen molar-refractivity contribution in [3.63, 3.8) is 0 Å². The number of alkyl halides is 2. The van der Waals surface area contributed by atoms with Crippen molar-refractivity contribution in [2.24, 2.45) is 0 Å². The number of halogens is 3. The number of hydrogen-bond acceptors (Lipinski definition) is 4. The Morgan fingerprint density at radius 3 is 2.77 bits per heavy atom. The minimum atomic E-state index is -2.32. The maximum absolute atomic E-state index is 12.4. The normalized spacial score (nSPS) is 18.5. The topological polar surface area (TPSA) is 50.8 Å². The van der Waals surface area contributed by atoms with Crippen LogP contribution in [0, 0.1) is 0 Å². The molecular weight excluding hydrogens is 366 g/mol. The molecule has 1 amide bonds. The minimum absolute atomic E-state index is 0.00456. The molecule has 0 unspecified atom stereocenters. The van der Waals surface area contributed by atoms with Crippen molar-refractivity contribution in [1.29, 1.82) is 0 Å². The predicted molar refractivity (Wildman–Crippen MR) is 95.1 cm³/mol. The SMILES string of the molecule is O=C(/C=C/c1cc(Cl)c2c(c1)OCCO2)NC1CCN(CC(F)F)CC1. The monoisotopic (exact) mass is 386 g/mol. The first-order chi connectivity index (χ1) is 12.5. The van der Waals surface area contributed by atoms with Gasteiger partial charge in [0.25, 0.3) is 6.43 Å². The molecule has 1 fully saturated rings. The second-order valence-corrected chi connectivity index (χ2v) is 6.74. The lowest BCUT2D eigenvalue weighted by atomic mass is 10.0. The summed E-state index contributed by atoms with van der Waals surface area (Å²) in [5.74, 6) is 0.869. The maximum Gasteiger partial charge on any atom is 0.251 e. The van der Waals surface area contributed by atoms with E-state index >= 15 is 0 Å². The van der Waals surface area contributed by atoms with Crippen molar-refractivity contribution in [3.05, 3.63) is 28.8 Å². The van der Waals surface area contributed by atoms with Crippen molar-refractivity contribution in [2.45, 2.75) is 25.3 Å². The van der Waals surface area contributed by atoms with E-state index in [0.29, 0.717) is 55.7 Å². The Bertz CT molecular complexity index is 677. The summed E-state index contributed by atoms with van der Waals surface area (Å²) in [6, 6.07) is 3.49. The maximum atomic E-state index is 12.4. The highest BCUT2D eigenvalue weighted by molar-refractivity contribution is 6.32. The van der Waals surface area contributed by atoms with Gasteiger partial charge in [0.05, 0.1) is 11.6 Å². The fourth-order valence-corrected chi connectivity index (χ4v) is 3.38. The molecule has 0 radical (unpaired) electrons. The van der Waals surface area contributed by atoms with Gasteiger partial charge in [0, 0.05) is 25.2 Å². The first-order valence-electron chi connectivity index (χ1n) is 8.59. The molecule has 0 atom stereocenters. The average molecular weight is 387 g/mol. The Morgan fingerprint density at radius 2 is 2.04 bits per heavy atom. The molecule has 8 heteroatoms. The zero-order valence-electron chi connectivity index (χ0n) is 14.2. The van der Waals surface area contributed by atoms with E-state index in [1.165, 1.54) is 6.08 Å². The molecule has 5 nitrogen and oxygen atoms in total. The fourth-order valence-electron chi connectivity index (χ4n) is 3.10. The lowest BCUT2D eigenvalue weighted by molar-refractivity contribution is -0.117. The van der Waals surface area contributed by atoms with Gasteiger partial charge in [0.1, 0.15) is 13.2 Å². The van der Waals surface area contributed by atoms with Crippen molar-refractivity contribution in [3.8, 4) is 11.5 Å². The van der Waals surface area contributed by atoms with E-state index in [9.17, 15) is 13.6 Å². The molecule has 0 spiro atoms. The summed E-state index contributed by atoms with van der Waals surface area (Å²) in [6.45, 7) is 1.85. The van der Waals surface area contributed by atoms with Crippen LogP contribution < -0.4 is 14.8 Å². The summed E-state index contributed by atoms with van der Waals surface area (Å²) in [5.41, 5.74) is 0.737. The highest BCUT2D eigenvalue weighted by Crippen LogP contribution is 2.38. The van der Waals surface area contributed by atoms with Gasteiger partial charge in [-0.05, 0) is 36.6 Å². The Morgan fingerprint density at radius 1 is 1.31 bits per heavy atom. The molecule has 0 saturated carbocycles. The molecule has 0 aliphatic carbocycles. The standard InChI is InChI=1S/C18H21ClF2N2O3/c19-14-9-12(10-15-18(14)26-8-7-25-15)1-2-17(24)22-13-3-5-23(6-4-13)11-16(20)21/h1-2,9-10,13,16H,3-8,11H2,(H,22,24)/b2-1+. The van der Waals surface area contributed by atoms with Gasteiger partial charge in [0.15, 0.2) is 11.5 Å². The Hall–Kier alpha value is -1.86. The van der Waals surface area contributed by atoms with Crippen LogP contribution in [0.1, 0.15) is 18.4 Å². The number of carbonyl (C=O) groups excluding carboxylic acids is 1. The second-order valence-electron chi connectivity index (χ2n) is 6.33. The summed E-state index contributed by atoms with van der Waals surface area (Å²) in [6.07, 6.45) is 2.12. The quantitative estimate of drug-likeness (QED) is 0.790. The summed E-state index contributed by atoms with van der Waals surface area (Å²) < 4.78 is 35.7. The Balaban J connectivity index is 1.52. The summed E-state index contributed by atoms with van der Waals surface area (Å²) >= 11 is 6.17. The van der Waals surface area contributed by atoms with Gasteiger partial charge < -0.3 is 14.8 Å². The van der Waals surface area contributed by atoms with Gasteiger partial charge in [-0.2, -0.15) is 0 Å². The van der Waals surface area contributed by atoms with Crippen LogP contribution in [0.3, 0.4) is 0 Å². The number of benzene rings is 1. The third kappa shape index (κ3) is 5.08. The van der Waals surface area contributed by atoms with Gasteiger partial charge in [-0.25, -0.2) is 8.78 Å². The van der Waals surface area contributed by atoms with Gasteiger partial charge in [0.2, 0.25) is 5.91 Å². The molecule has 3 rings (SSSR count). The zero-order chi connectivity index (χ0) is 18.5. The fraction of sp³-hybridized carbons (Fsp3) is 0.500. The molecule has 1 N–H and O–H groups in total. The number of likely N-dealkylation sites (tertiary alicyclic amines) is 1. The highest BCUT2D eigenvalue weighted by Gasteiger charge is 2.22. The van der Waals surface area contributed by atoms with E-state index in [4.69, 9.17) is 21.1 Å². The van der Waals surface area contributed by atoms with E-state index in [1.807, 2.05) is 0 Å². The summed E-state index contributed by atoms with van der Waals surface area (Å²) in [4.78, 5) is 13.8. The van der Waals surface area contributed by atoms with Crippen molar-refractivity contribution in [1.82, 2.24) is 10.2 Å². The smallest absolute Gasteiger partial charge is 0.251 e. The predicted octanol–water partition coefficient (Wildman–Crippen LogP) is 2.97. The van der Waals surface area contributed by atoms with Gasteiger partial charge in [-0.1, -0.05) is 11.6 Å². The molecule has 1 saturated heterocycles. The highest BCUT2D eigenvalue weighted by atomic mass is 35.5. The van der Waals surface area contributed by atoms with E-state index in [-0.39, 0.29) is 18.5 Å². The lowest BCUT2D eigenvalue weighted by Crippen LogP contribution is -2.45. The number of nitrogens with zero attached hydrogens (tertiary/aromatic N) is 1. The lowest BCUT2D eigenvalue weighted by Gasteiger charge is -2.31. The van der Waals surface area contributed by atoms with Crippen LogP contribution >= 0.6 is 11.6 Å². The summed E-state index contributed by atoms with van der Waals surface area (Å²) in [7, 11) is 0. The Kier molecular flexibility index (Phi) is 6.32. The molecular formula is C18H21ClF2N2O3. The second kappa shape index (κ2) is 8.68. The van der Waals surface area contributed by atoms with Crippen LogP contribution in [0.4, 0.5) is 8.78 Å². The molecule has 0 aromatic heterocycles. The van der Waals surface area contributed by atoms with Crippen LogP contribution in [0.5, 0.6) is 11.5 Å². The van der Waals surface area contributed by atoms with Crippen molar-refractivity contribution >= 4 is 23.6 Å². The number of nitrogens with one attached hydrogen (secondary N) is 1. The van der Waals surface area contributed by atoms with E-state index < -0.39 is 6.43 Å². The largest absolute Gasteiger partial charge is 0.486 e. The number of fused-ring (bicyclic) bond motifs is 1. The minimum Gasteiger partial charge on any atom is -0.486 e. The van der Waals surface area contributed by atoms with Crippen molar-refractivity contribution < 1.29 is 23.0 Å². The van der Waals surface area contributed by atoms with Crippen LogP contribution in [0.2, 0.25) is 5.02 Å². The van der Waals surface area contributed by atoms with E-state index in [1.54, 1.807) is 23.1 Å². The number of piperidine rings is 1. The van der Waals surface area contributed by atoms with Gasteiger partial charge in [-0.15, -0.1) is 0 Å². The van der Waals surface area contributed by atoms with Crippen LogP contribution in [-0.4, -0.2) is 56.1 Å². The molecule has 2 aliphatic rings. The third-order valence-corrected chi connectivity index (χ3v) is 4.66. The van der Waals surface area contributed by atoms with Crippen LogP contribution in [0.25, 0.3) is 6.08 Å². The van der Waals surface area contributed by atoms with Gasteiger partial charge in [-0.3, -0.25) is 9.69 Å². The average Bonchev–Trinajstić information content (AvgIpc) is 2.61. The molecule has 26 heavy (non-hydrogen) atoms. The van der Waals surface area contributed by atoms with Crippen molar-refractivity contribution in [2.75, 3.05) is 32.8 Å². The molecule has 142 valence electrons. The molecule has 1 aromatic carbocycles. The molecule has 1 aromatic rings. The molecule has 2 heterocycles. The third-order valence-electron chi connectivity index (χ3n) is 4.38. The molecule has 2 aliphatic heterocycles. The first kappa shape index (κ1) is 18.9. The Labute approximate surface area is 155 Å². The van der Waals surface area contributed by atoms with Gasteiger partial charge >= 0.3 is 0 Å². The number of carbonyl (C=O) groups is 1. The number of rotatable bonds is 5. The number of amides is 1. The van der Waals surface area contributed by atoms with E-state index in [0.717, 1.165) is 5.56 Å². The van der Waals surface area contributed by atoms with Crippen LogP contribution in [0.15, 0.2) is 18.2 Å². The zero-order valence-corrected chi connectivity index (χ0v) is 15.0. The first-order valence-corrected chi connectivity index (χ1v) is 8.97. The van der Waals surface area contributed by atoms with Crippen LogP contribution in [-0.2, 0) is 4.79 Å². The number of ether oxygens (including phenoxy) is 2. The van der Waals surface area contributed by atoms with E-state index in [2.05, 4.69) is 5.32 Å². The summed E-state index contributed by atoms with van der Waals surface area (Å²) in [5, 5.41) is 3.35. The molecule has 0 bridgehead atoms. The number of hydrogen-bond donors (Lipinski definition) is 1.